The van der Waals surface area contributed by atoms with E-state index in [0.717, 1.165) is 11.1 Å². The maximum atomic E-state index is 13.0. The topological polar surface area (TPSA) is 54.5 Å². The molecule has 0 atom stereocenters. The third kappa shape index (κ3) is 3.94. The van der Waals surface area contributed by atoms with Crippen molar-refractivity contribution in [3.05, 3.63) is 83.6 Å². The van der Waals surface area contributed by atoms with E-state index in [-0.39, 0.29) is 16.4 Å². The first kappa shape index (κ1) is 18.1. The minimum atomic E-state index is -3.75. The van der Waals surface area contributed by atoms with Crippen LogP contribution in [0.3, 0.4) is 0 Å². The van der Waals surface area contributed by atoms with Gasteiger partial charge >= 0.3 is 0 Å². The highest BCUT2D eigenvalue weighted by molar-refractivity contribution is 7.89. The molecule has 0 aromatic heterocycles. The number of hydrogen-bond acceptors (Lipinski definition) is 3. The maximum absolute atomic E-state index is 13.0. The first-order chi connectivity index (χ1) is 12.5. The van der Waals surface area contributed by atoms with Crippen LogP contribution in [0.4, 0.5) is 0 Å². The van der Waals surface area contributed by atoms with Crippen LogP contribution in [0.1, 0.15) is 24.0 Å². The van der Waals surface area contributed by atoms with Crippen LogP contribution in [-0.2, 0) is 14.8 Å². The molecule has 0 aliphatic carbocycles. The molecule has 0 radical (unpaired) electrons. The van der Waals surface area contributed by atoms with Crippen LogP contribution in [-0.4, -0.2) is 25.1 Å². The molecule has 0 saturated heterocycles. The molecule has 0 unspecified atom stereocenters. The Bertz CT molecular complexity index is 943. The van der Waals surface area contributed by atoms with Gasteiger partial charge in [-0.2, -0.15) is 0 Å². The van der Waals surface area contributed by atoms with E-state index in [0.29, 0.717) is 19.4 Å². The summed E-state index contributed by atoms with van der Waals surface area (Å²) in [7, 11) is -3.75. The lowest BCUT2D eigenvalue weighted by Gasteiger charge is -2.28. The van der Waals surface area contributed by atoms with Crippen molar-refractivity contribution in [2.24, 2.45) is 0 Å². The number of ketones is 1. The molecular formula is C21H21NO3S. The molecule has 0 N–H and O–H groups in total. The van der Waals surface area contributed by atoms with E-state index in [9.17, 15) is 13.2 Å². The summed E-state index contributed by atoms with van der Waals surface area (Å²) in [5.74, 6) is -0.302. The second-order valence-electron chi connectivity index (χ2n) is 6.23. The summed E-state index contributed by atoms with van der Waals surface area (Å²) in [6.45, 7) is 2.22. The number of benzene rings is 2. The van der Waals surface area contributed by atoms with E-state index in [1.54, 1.807) is 36.4 Å². The molecule has 0 amide bonds. The molecule has 5 heteroatoms. The molecule has 3 rings (SSSR count). The predicted molar refractivity (Wildman–Crippen MR) is 103 cm³/mol. The third-order valence-electron chi connectivity index (χ3n) is 4.26. The molecule has 0 spiro atoms. The summed E-state index contributed by atoms with van der Waals surface area (Å²) in [4.78, 5) is 12.9. The number of allylic oxidation sites excluding steroid dienone is 2. The summed E-state index contributed by atoms with van der Waals surface area (Å²) < 4.78 is 27.2. The number of carbonyl (C=O) groups excluding carboxylic acids is 1. The molecule has 0 fully saturated rings. The molecule has 0 saturated carbocycles. The summed E-state index contributed by atoms with van der Waals surface area (Å²) in [5.41, 5.74) is 2.11. The monoisotopic (exact) mass is 367 g/mol. The van der Waals surface area contributed by atoms with Crippen LogP contribution in [0.25, 0.3) is 6.08 Å². The van der Waals surface area contributed by atoms with E-state index in [2.05, 4.69) is 0 Å². The van der Waals surface area contributed by atoms with Crippen molar-refractivity contribution in [1.29, 1.82) is 0 Å². The zero-order valence-corrected chi connectivity index (χ0v) is 15.4. The first-order valence-electron chi connectivity index (χ1n) is 8.55. The number of hydrogen-bond donors (Lipinski definition) is 0. The smallest absolute Gasteiger partial charge is 0.264 e. The van der Waals surface area contributed by atoms with Crippen molar-refractivity contribution in [3.8, 4) is 0 Å². The summed E-state index contributed by atoms with van der Waals surface area (Å²) >= 11 is 0. The highest BCUT2D eigenvalue weighted by Gasteiger charge is 2.30. The Labute approximate surface area is 154 Å². The Morgan fingerprint density at radius 1 is 1.04 bits per heavy atom. The molecule has 4 nitrogen and oxygen atoms in total. The molecule has 0 bridgehead atoms. The fourth-order valence-corrected chi connectivity index (χ4v) is 4.36. The Balaban J connectivity index is 1.88. The predicted octanol–water partition coefficient (Wildman–Crippen LogP) is 3.95. The Hall–Kier alpha value is -2.66. The number of sulfonamides is 1. The fourth-order valence-electron chi connectivity index (χ4n) is 2.83. The quantitative estimate of drug-likeness (QED) is 0.752. The van der Waals surface area contributed by atoms with E-state index in [1.807, 2.05) is 37.3 Å². The van der Waals surface area contributed by atoms with Crippen molar-refractivity contribution in [2.75, 3.05) is 6.54 Å². The van der Waals surface area contributed by atoms with Gasteiger partial charge < -0.3 is 0 Å². The van der Waals surface area contributed by atoms with E-state index >= 15 is 0 Å². The lowest BCUT2D eigenvalue weighted by Crippen LogP contribution is -2.36. The van der Waals surface area contributed by atoms with E-state index < -0.39 is 10.0 Å². The highest BCUT2D eigenvalue weighted by Crippen LogP contribution is 2.25. The van der Waals surface area contributed by atoms with E-state index in [1.165, 1.54) is 10.4 Å². The average molecular weight is 367 g/mol. The molecule has 26 heavy (non-hydrogen) atoms. The number of aryl methyl sites for hydroxylation is 1. The lowest BCUT2D eigenvalue weighted by molar-refractivity contribution is -0.112. The molecule has 134 valence electrons. The number of rotatable bonds is 5. The SMILES string of the molecule is Cc1ccc(S(=O)(=O)N2CCCC=C2C(=O)/C=C/c2ccccc2)cc1. The highest BCUT2D eigenvalue weighted by atomic mass is 32.2. The van der Waals surface area contributed by atoms with Crippen molar-refractivity contribution in [2.45, 2.75) is 24.7 Å². The third-order valence-corrected chi connectivity index (χ3v) is 6.09. The van der Waals surface area contributed by atoms with Gasteiger partial charge in [0.1, 0.15) is 0 Å². The van der Waals surface area contributed by atoms with Crippen molar-refractivity contribution >= 4 is 21.9 Å². The zero-order valence-electron chi connectivity index (χ0n) is 14.6. The van der Waals surface area contributed by atoms with Crippen molar-refractivity contribution < 1.29 is 13.2 Å². The maximum Gasteiger partial charge on any atom is 0.264 e. The Kier molecular flexibility index (Phi) is 5.38. The lowest BCUT2D eigenvalue weighted by atomic mass is 10.1. The van der Waals surface area contributed by atoms with Crippen molar-refractivity contribution in [1.82, 2.24) is 4.31 Å². The van der Waals surface area contributed by atoms with Crippen LogP contribution >= 0.6 is 0 Å². The molecular weight excluding hydrogens is 346 g/mol. The van der Waals surface area contributed by atoms with Gasteiger partial charge in [0.25, 0.3) is 10.0 Å². The van der Waals surface area contributed by atoms with Crippen molar-refractivity contribution in [3.63, 3.8) is 0 Å². The molecule has 1 heterocycles. The average Bonchev–Trinajstić information content (AvgIpc) is 2.67. The van der Waals surface area contributed by atoms with Gasteiger partial charge in [0.2, 0.25) is 5.78 Å². The molecule has 1 aliphatic rings. The zero-order chi connectivity index (χ0) is 18.6. The summed E-state index contributed by atoms with van der Waals surface area (Å²) in [5, 5.41) is 0. The van der Waals surface area contributed by atoms with Crippen LogP contribution in [0.2, 0.25) is 0 Å². The van der Waals surface area contributed by atoms with Gasteiger partial charge in [0, 0.05) is 6.54 Å². The van der Waals surface area contributed by atoms with Gasteiger partial charge in [-0.1, -0.05) is 60.2 Å². The van der Waals surface area contributed by atoms with Crippen LogP contribution in [0.15, 0.2) is 77.3 Å². The van der Waals surface area contributed by atoms with Crippen LogP contribution in [0, 0.1) is 6.92 Å². The van der Waals surface area contributed by atoms with Gasteiger partial charge in [0.05, 0.1) is 10.6 Å². The van der Waals surface area contributed by atoms with Gasteiger partial charge in [-0.15, -0.1) is 0 Å². The largest absolute Gasteiger partial charge is 0.288 e. The minimum Gasteiger partial charge on any atom is -0.288 e. The minimum absolute atomic E-state index is 0.204. The summed E-state index contributed by atoms with van der Waals surface area (Å²) in [6, 6.07) is 16.1. The van der Waals surface area contributed by atoms with Gasteiger partial charge in [0.15, 0.2) is 0 Å². The van der Waals surface area contributed by atoms with Crippen LogP contribution < -0.4 is 0 Å². The summed E-state index contributed by atoms with van der Waals surface area (Å²) in [6.07, 6.45) is 6.25. The van der Waals surface area contributed by atoms with Crippen LogP contribution in [0.5, 0.6) is 0 Å². The molecule has 1 aliphatic heterocycles. The van der Waals surface area contributed by atoms with E-state index in [4.69, 9.17) is 0 Å². The molecule has 2 aromatic carbocycles. The Morgan fingerprint density at radius 3 is 2.42 bits per heavy atom. The second kappa shape index (κ2) is 7.70. The normalized spacial score (nSPS) is 15.1. The number of carbonyl (C=O) groups is 1. The second-order valence-corrected chi connectivity index (χ2v) is 8.09. The number of nitrogens with zero attached hydrogens (tertiary/aromatic N) is 1. The standard InChI is InChI=1S/C21H21NO3S/c1-17-10-13-19(14-11-17)26(24,25)22-16-6-5-9-20(22)21(23)15-12-18-7-3-2-4-8-18/h2-4,7-15H,5-6,16H2,1H3/b15-12+. The fraction of sp³-hybridized carbons (Fsp3) is 0.190. The van der Waals surface area contributed by atoms with Gasteiger partial charge in [-0.3, -0.25) is 9.10 Å². The first-order valence-corrected chi connectivity index (χ1v) is 9.99. The molecule has 2 aromatic rings. The van der Waals surface area contributed by atoms with Gasteiger partial charge in [-0.05, 0) is 43.5 Å². The van der Waals surface area contributed by atoms with Gasteiger partial charge in [-0.25, -0.2) is 8.42 Å². The Morgan fingerprint density at radius 2 is 1.73 bits per heavy atom.